The third kappa shape index (κ3) is 4.21. The van der Waals surface area contributed by atoms with Gasteiger partial charge in [0.2, 0.25) is 0 Å². The summed E-state index contributed by atoms with van der Waals surface area (Å²) < 4.78 is 5.96. The zero-order chi connectivity index (χ0) is 15.4. The zero-order valence-corrected chi connectivity index (χ0v) is 13.2. The van der Waals surface area contributed by atoms with Gasteiger partial charge in [0.05, 0.1) is 6.10 Å². The van der Waals surface area contributed by atoms with Gasteiger partial charge >= 0.3 is 0 Å². The van der Waals surface area contributed by atoms with E-state index in [0.29, 0.717) is 11.6 Å². The molecular formula is C17H26N2O2. The molecule has 1 amide bonds. The van der Waals surface area contributed by atoms with E-state index in [-0.39, 0.29) is 12.0 Å². The Morgan fingerprint density at radius 2 is 2.10 bits per heavy atom. The van der Waals surface area contributed by atoms with Crippen molar-refractivity contribution in [2.75, 3.05) is 11.1 Å². The molecule has 0 aliphatic heterocycles. The van der Waals surface area contributed by atoms with Gasteiger partial charge in [-0.05, 0) is 50.3 Å². The van der Waals surface area contributed by atoms with Crippen molar-refractivity contribution in [2.24, 2.45) is 5.92 Å². The first-order chi connectivity index (χ1) is 9.97. The summed E-state index contributed by atoms with van der Waals surface area (Å²) in [5.74, 6) is 0.421. The van der Waals surface area contributed by atoms with Crippen LogP contribution in [0.5, 0.6) is 0 Å². The van der Waals surface area contributed by atoms with Gasteiger partial charge < -0.3 is 15.8 Å². The topological polar surface area (TPSA) is 64.3 Å². The van der Waals surface area contributed by atoms with Gasteiger partial charge in [-0.25, -0.2) is 0 Å². The molecule has 0 bridgehead atoms. The van der Waals surface area contributed by atoms with Crippen LogP contribution >= 0.6 is 0 Å². The first-order valence-electron chi connectivity index (χ1n) is 7.80. The maximum Gasteiger partial charge on any atom is 0.253 e. The Morgan fingerprint density at radius 1 is 1.38 bits per heavy atom. The fraction of sp³-hybridized carbons (Fsp3) is 0.588. The second-order valence-electron chi connectivity index (χ2n) is 6.14. The third-order valence-corrected chi connectivity index (χ3v) is 4.30. The zero-order valence-electron chi connectivity index (χ0n) is 13.2. The second-order valence-corrected chi connectivity index (χ2v) is 6.14. The van der Waals surface area contributed by atoms with Gasteiger partial charge in [0.15, 0.2) is 0 Å². The lowest BCUT2D eigenvalue weighted by Crippen LogP contribution is -2.35. The van der Waals surface area contributed by atoms with Crippen molar-refractivity contribution in [1.82, 2.24) is 0 Å². The minimum atomic E-state index is -0.448. The molecule has 2 rings (SSSR count). The lowest BCUT2D eigenvalue weighted by atomic mass is 9.88. The predicted octanol–water partition coefficient (Wildman–Crippen LogP) is 3.50. The smallest absolute Gasteiger partial charge is 0.253 e. The Hall–Kier alpha value is -1.55. The van der Waals surface area contributed by atoms with Gasteiger partial charge in [0.25, 0.3) is 5.91 Å². The summed E-state index contributed by atoms with van der Waals surface area (Å²) in [7, 11) is 0. The summed E-state index contributed by atoms with van der Waals surface area (Å²) in [4.78, 5) is 12.3. The molecule has 3 unspecified atom stereocenters. The minimum absolute atomic E-state index is 0.110. The van der Waals surface area contributed by atoms with Crippen LogP contribution in [0.1, 0.15) is 45.1 Å². The molecule has 0 heterocycles. The van der Waals surface area contributed by atoms with E-state index in [2.05, 4.69) is 12.2 Å². The van der Waals surface area contributed by atoms with Crippen LogP contribution in [0.4, 0.5) is 11.4 Å². The molecule has 1 aliphatic rings. The minimum Gasteiger partial charge on any atom is -0.399 e. The van der Waals surface area contributed by atoms with Gasteiger partial charge in [-0.15, -0.1) is 0 Å². The Balaban J connectivity index is 1.94. The molecule has 1 fully saturated rings. The number of rotatable bonds is 4. The molecule has 4 nitrogen and oxygen atoms in total. The van der Waals surface area contributed by atoms with E-state index in [4.69, 9.17) is 10.5 Å². The average molecular weight is 290 g/mol. The van der Waals surface area contributed by atoms with Gasteiger partial charge in [-0.2, -0.15) is 0 Å². The van der Waals surface area contributed by atoms with Crippen molar-refractivity contribution in [1.29, 1.82) is 0 Å². The molecule has 116 valence electrons. The summed E-state index contributed by atoms with van der Waals surface area (Å²) in [5.41, 5.74) is 8.16. The first-order valence-corrected chi connectivity index (χ1v) is 7.80. The molecule has 1 aromatic carbocycles. The lowest BCUT2D eigenvalue weighted by molar-refractivity contribution is -0.133. The fourth-order valence-corrected chi connectivity index (χ4v) is 2.82. The number of ether oxygens (including phenoxy) is 1. The molecule has 0 radical (unpaired) electrons. The van der Waals surface area contributed by atoms with Crippen LogP contribution in [0, 0.1) is 12.8 Å². The fourth-order valence-electron chi connectivity index (χ4n) is 2.82. The van der Waals surface area contributed by atoms with Crippen LogP contribution in [0.15, 0.2) is 18.2 Å². The Morgan fingerprint density at radius 3 is 2.81 bits per heavy atom. The van der Waals surface area contributed by atoms with Crippen LogP contribution in [0.3, 0.4) is 0 Å². The summed E-state index contributed by atoms with van der Waals surface area (Å²) in [6.07, 6.45) is 4.45. The maximum absolute atomic E-state index is 12.3. The van der Waals surface area contributed by atoms with E-state index in [0.717, 1.165) is 17.7 Å². The number of nitrogens with one attached hydrogen (secondary N) is 1. The number of carbonyl (C=O) groups is 1. The van der Waals surface area contributed by atoms with Crippen molar-refractivity contribution in [2.45, 2.75) is 58.7 Å². The Labute approximate surface area is 127 Å². The van der Waals surface area contributed by atoms with E-state index in [9.17, 15) is 4.79 Å². The van der Waals surface area contributed by atoms with E-state index in [1.807, 2.05) is 26.0 Å². The molecule has 0 spiro atoms. The standard InChI is InChI=1S/C17H26N2O2/c1-11-8-9-14(18)10-15(11)19-17(20)13(3)21-16-7-5-4-6-12(16)2/h8-10,12-13,16H,4-7,18H2,1-3H3,(H,19,20). The average Bonchev–Trinajstić information content (AvgIpc) is 2.45. The molecule has 3 N–H and O–H groups in total. The number of nitrogen functional groups attached to an aromatic ring is 1. The first kappa shape index (κ1) is 15.8. The van der Waals surface area contributed by atoms with Crippen molar-refractivity contribution < 1.29 is 9.53 Å². The SMILES string of the molecule is Cc1ccc(N)cc1NC(=O)C(C)OC1CCCCC1C. The molecule has 21 heavy (non-hydrogen) atoms. The molecule has 3 atom stereocenters. The Bertz CT molecular complexity index is 502. The van der Waals surface area contributed by atoms with Gasteiger partial charge in [-0.1, -0.05) is 25.8 Å². The number of carbonyl (C=O) groups excluding carboxylic acids is 1. The van der Waals surface area contributed by atoms with Crippen LogP contribution in [-0.4, -0.2) is 18.1 Å². The van der Waals surface area contributed by atoms with Crippen LogP contribution in [-0.2, 0) is 9.53 Å². The molecule has 4 heteroatoms. The number of hydrogen-bond donors (Lipinski definition) is 2. The van der Waals surface area contributed by atoms with Gasteiger partial charge in [0, 0.05) is 11.4 Å². The highest BCUT2D eigenvalue weighted by Crippen LogP contribution is 2.27. The van der Waals surface area contributed by atoms with Crippen LogP contribution < -0.4 is 11.1 Å². The molecule has 1 aromatic rings. The summed E-state index contributed by atoms with van der Waals surface area (Å²) >= 11 is 0. The lowest BCUT2D eigenvalue weighted by Gasteiger charge is -2.30. The second kappa shape index (κ2) is 6.94. The molecule has 0 aromatic heterocycles. The monoisotopic (exact) mass is 290 g/mol. The molecule has 1 aliphatic carbocycles. The normalized spacial score (nSPS) is 23.6. The number of nitrogens with two attached hydrogens (primary N) is 1. The van der Waals surface area contributed by atoms with E-state index in [1.54, 1.807) is 6.07 Å². The molecule has 1 saturated carbocycles. The summed E-state index contributed by atoms with van der Waals surface area (Å²) in [6, 6.07) is 5.51. The highest BCUT2D eigenvalue weighted by molar-refractivity contribution is 5.95. The van der Waals surface area contributed by atoms with Crippen molar-refractivity contribution >= 4 is 17.3 Å². The van der Waals surface area contributed by atoms with Crippen LogP contribution in [0.2, 0.25) is 0 Å². The van der Waals surface area contributed by atoms with E-state index in [1.165, 1.54) is 19.3 Å². The quantitative estimate of drug-likeness (QED) is 0.834. The summed E-state index contributed by atoms with van der Waals surface area (Å²) in [6.45, 7) is 5.97. The van der Waals surface area contributed by atoms with Crippen molar-refractivity contribution in [3.63, 3.8) is 0 Å². The third-order valence-electron chi connectivity index (χ3n) is 4.30. The van der Waals surface area contributed by atoms with Crippen LogP contribution in [0.25, 0.3) is 0 Å². The van der Waals surface area contributed by atoms with E-state index >= 15 is 0 Å². The van der Waals surface area contributed by atoms with Gasteiger partial charge in [0.1, 0.15) is 6.10 Å². The van der Waals surface area contributed by atoms with Crippen molar-refractivity contribution in [3.05, 3.63) is 23.8 Å². The highest BCUT2D eigenvalue weighted by atomic mass is 16.5. The number of amides is 1. The predicted molar refractivity (Wildman–Crippen MR) is 86.2 cm³/mol. The van der Waals surface area contributed by atoms with E-state index < -0.39 is 6.10 Å². The number of benzene rings is 1. The number of hydrogen-bond acceptors (Lipinski definition) is 3. The summed E-state index contributed by atoms with van der Waals surface area (Å²) in [5, 5.41) is 2.91. The highest BCUT2D eigenvalue weighted by Gasteiger charge is 2.26. The number of anilines is 2. The molecular weight excluding hydrogens is 264 g/mol. The Kier molecular flexibility index (Phi) is 5.23. The largest absolute Gasteiger partial charge is 0.399 e. The molecule has 0 saturated heterocycles. The van der Waals surface area contributed by atoms with Gasteiger partial charge in [-0.3, -0.25) is 4.79 Å². The number of aryl methyl sites for hydroxylation is 1. The van der Waals surface area contributed by atoms with Crippen molar-refractivity contribution in [3.8, 4) is 0 Å². The maximum atomic E-state index is 12.3.